The second-order valence-corrected chi connectivity index (χ2v) is 22.7. The van der Waals surface area contributed by atoms with Crippen molar-refractivity contribution in [2.45, 2.75) is 386 Å². The maximum Gasteiger partial charge on any atom is 0.306 e. The highest BCUT2D eigenvalue weighted by atomic mass is 16.6. The normalized spacial score (nSPS) is 12.0. The molecule has 1 atom stereocenters. The summed E-state index contributed by atoms with van der Waals surface area (Å²) >= 11 is 0. The molecule has 0 spiro atoms. The Morgan fingerprint density at radius 2 is 0.452 bits per heavy atom. The van der Waals surface area contributed by atoms with Crippen LogP contribution >= 0.6 is 0 Å². The highest BCUT2D eigenvalue weighted by Gasteiger charge is 2.19. The van der Waals surface area contributed by atoms with Crippen molar-refractivity contribution < 1.29 is 28.6 Å². The average Bonchev–Trinajstić information content (AvgIpc) is 3.39. The predicted octanol–water partition coefficient (Wildman–Crippen LogP) is 22.4. The van der Waals surface area contributed by atoms with E-state index in [1.165, 1.54) is 283 Å². The third-order valence-electron chi connectivity index (χ3n) is 15.3. The second-order valence-electron chi connectivity index (χ2n) is 22.7. The van der Waals surface area contributed by atoms with Crippen molar-refractivity contribution in [1.29, 1.82) is 0 Å². The molecule has 0 rings (SSSR count). The summed E-state index contributed by atoms with van der Waals surface area (Å²) < 4.78 is 17.0. The van der Waals surface area contributed by atoms with Gasteiger partial charge in [0.05, 0.1) is 0 Å². The van der Waals surface area contributed by atoms with Crippen molar-refractivity contribution in [3.05, 3.63) is 12.2 Å². The summed E-state index contributed by atoms with van der Waals surface area (Å²) in [5, 5.41) is 0. The van der Waals surface area contributed by atoms with Crippen LogP contribution in [0.4, 0.5) is 0 Å². The third-order valence-corrected chi connectivity index (χ3v) is 15.3. The predicted molar refractivity (Wildman–Crippen MR) is 317 cm³/mol. The van der Waals surface area contributed by atoms with Crippen LogP contribution in [-0.4, -0.2) is 37.2 Å². The molecule has 432 valence electrons. The summed E-state index contributed by atoms with van der Waals surface area (Å²) in [6.07, 6.45) is 73.6. The second kappa shape index (κ2) is 62.7. The van der Waals surface area contributed by atoms with Crippen LogP contribution in [0, 0.1) is 0 Å². The molecule has 0 unspecified atom stereocenters. The van der Waals surface area contributed by atoms with E-state index in [0.717, 1.165) is 57.8 Å². The number of esters is 3. The monoisotopic (exact) mass is 1030 g/mol. The first-order valence-corrected chi connectivity index (χ1v) is 33.2. The minimum Gasteiger partial charge on any atom is -0.462 e. The lowest BCUT2D eigenvalue weighted by Gasteiger charge is -2.18. The van der Waals surface area contributed by atoms with Crippen molar-refractivity contribution in [2.75, 3.05) is 13.2 Å². The van der Waals surface area contributed by atoms with Crippen LogP contribution in [-0.2, 0) is 28.6 Å². The Kier molecular flexibility index (Phi) is 61.1. The molecule has 0 aromatic rings. The quantitative estimate of drug-likeness (QED) is 0.0261. The van der Waals surface area contributed by atoms with Crippen molar-refractivity contribution in [1.82, 2.24) is 0 Å². The lowest BCUT2D eigenvalue weighted by molar-refractivity contribution is -0.167. The maximum atomic E-state index is 12.9. The highest BCUT2D eigenvalue weighted by molar-refractivity contribution is 5.71. The SMILES string of the molecule is CCCCCCCC/C=C\CCCCCCCCCC(=O)OC[C@H](COC(=O)CCCCCCCCCCCCCCCCCCCCC)OC(=O)CCCCCCCCCCCCCCCCCCCCC. The molecule has 0 aliphatic carbocycles. The number of carbonyl (C=O) groups excluding carboxylic acids is 3. The number of unbranched alkanes of at least 4 members (excludes halogenated alkanes) is 49. The molecule has 0 bridgehead atoms. The summed E-state index contributed by atoms with van der Waals surface area (Å²) in [4.78, 5) is 38.4. The first-order chi connectivity index (χ1) is 36.0. The van der Waals surface area contributed by atoms with E-state index in [1.54, 1.807) is 0 Å². The Labute approximate surface area is 456 Å². The van der Waals surface area contributed by atoms with Crippen LogP contribution in [0.1, 0.15) is 380 Å². The van der Waals surface area contributed by atoms with Gasteiger partial charge in [0.2, 0.25) is 0 Å². The van der Waals surface area contributed by atoms with Crippen LogP contribution in [0.5, 0.6) is 0 Å². The lowest BCUT2D eigenvalue weighted by atomic mass is 10.0. The summed E-state index contributed by atoms with van der Waals surface area (Å²) in [5.74, 6) is -0.835. The lowest BCUT2D eigenvalue weighted by Crippen LogP contribution is -2.30. The third kappa shape index (κ3) is 60.9. The first kappa shape index (κ1) is 71.2. The molecule has 0 aliphatic heterocycles. The van der Waals surface area contributed by atoms with Crippen molar-refractivity contribution in [3.63, 3.8) is 0 Å². The van der Waals surface area contributed by atoms with E-state index in [4.69, 9.17) is 14.2 Å². The van der Waals surface area contributed by atoms with Gasteiger partial charge in [-0.25, -0.2) is 0 Å². The summed E-state index contributed by atoms with van der Waals surface area (Å²) in [5.41, 5.74) is 0. The molecule has 6 nitrogen and oxygen atoms in total. The largest absolute Gasteiger partial charge is 0.462 e. The van der Waals surface area contributed by atoms with Gasteiger partial charge in [-0.15, -0.1) is 0 Å². The Morgan fingerprint density at radius 1 is 0.260 bits per heavy atom. The number of carbonyl (C=O) groups is 3. The summed E-state index contributed by atoms with van der Waals surface area (Å²) in [6, 6.07) is 0. The van der Waals surface area contributed by atoms with Gasteiger partial charge in [-0.2, -0.15) is 0 Å². The van der Waals surface area contributed by atoms with Crippen LogP contribution in [0.15, 0.2) is 12.2 Å². The zero-order valence-corrected chi connectivity index (χ0v) is 49.7. The number of rotatable bonds is 62. The Balaban J connectivity index is 4.30. The van der Waals surface area contributed by atoms with E-state index in [9.17, 15) is 14.4 Å². The molecule has 73 heavy (non-hydrogen) atoms. The van der Waals surface area contributed by atoms with Crippen LogP contribution in [0.25, 0.3) is 0 Å². The summed E-state index contributed by atoms with van der Waals surface area (Å²) in [7, 11) is 0. The molecule has 0 aromatic carbocycles. The molecule has 0 N–H and O–H groups in total. The maximum absolute atomic E-state index is 12.9. The Bertz CT molecular complexity index is 1130. The van der Waals surface area contributed by atoms with Crippen LogP contribution < -0.4 is 0 Å². The van der Waals surface area contributed by atoms with E-state index in [1.807, 2.05) is 0 Å². The zero-order chi connectivity index (χ0) is 52.9. The van der Waals surface area contributed by atoms with E-state index in [-0.39, 0.29) is 31.1 Å². The standard InChI is InChI=1S/C67H128O6/c1-4-7-10-13-16-19-22-25-28-31-33-36-39-42-45-48-51-54-57-60-66(69)72-63-64(62-71-65(68)59-56-53-50-47-44-41-38-35-30-27-24-21-18-15-12-9-6-3)73-67(70)61-58-55-52-49-46-43-40-37-34-32-29-26-23-20-17-14-11-8-5-2/h27,30,64H,4-26,28-29,31-63H2,1-3H3/b30-27-/t64-/m1/s1. The topological polar surface area (TPSA) is 78.9 Å². The van der Waals surface area contributed by atoms with E-state index < -0.39 is 6.10 Å². The first-order valence-electron chi connectivity index (χ1n) is 33.2. The van der Waals surface area contributed by atoms with Gasteiger partial charge in [0.1, 0.15) is 13.2 Å². The Morgan fingerprint density at radius 3 is 0.685 bits per heavy atom. The van der Waals surface area contributed by atoms with E-state index in [0.29, 0.717) is 19.3 Å². The molecule has 0 amide bonds. The molecule has 0 radical (unpaired) electrons. The number of allylic oxidation sites excluding steroid dienone is 2. The summed E-state index contributed by atoms with van der Waals surface area (Å²) in [6.45, 7) is 6.72. The van der Waals surface area contributed by atoms with Crippen LogP contribution in [0.2, 0.25) is 0 Å². The van der Waals surface area contributed by atoms with Crippen molar-refractivity contribution in [3.8, 4) is 0 Å². The molecule has 0 heterocycles. The fourth-order valence-corrected chi connectivity index (χ4v) is 10.3. The van der Waals surface area contributed by atoms with E-state index in [2.05, 4.69) is 32.9 Å². The van der Waals surface area contributed by atoms with Crippen molar-refractivity contribution >= 4 is 17.9 Å². The molecule has 6 heteroatoms. The molecule has 0 aliphatic rings. The van der Waals surface area contributed by atoms with Gasteiger partial charge in [-0.1, -0.05) is 328 Å². The Hall–Kier alpha value is -1.85. The smallest absolute Gasteiger partial charge is 0.306 e. The average molecular weight is 1030 g/mol. The van der Waals surface area contributed by atoms with Gasteiger partial charge in [-0.05, 0) is 44.9 Å². The molecular weight excluding hydrogens is 901 g/mol. The number of hydrogen-bond donors (Lipinski definition) is 0. The van der Waals surface area contributed by atoms with Gasteiger partial charge < -0.3 is 14.2 Å². The molecular formula is C67H128O6. The highest BCUT2D eigenvalue weighted by Crippen LogP contribution is 2.18. The van der Waals surface area contributed by atoms with Gasteiger partial charge in [-0.3, -0.25) is 14.4 Å². The number of hydrogen-bond acceptors (Lipinski definition) is 6. The molecule has 0 aromatic heterocycles. The fourth-order valence-electron chi connectivity index (χ4n) is 10.3. The van der Waals surface area contributed by atoms with Gasteiger partial charge in [0.15, 0.2) is 6.10 Å². The minimum absolute atomic E-state index is 0.0644. The van der Waals surface area contributed by atoms with Gasteiger partial charge >= 0.3 is 17.9 Å². The fraction of sp³-hybridized carbons (Fsp3) is 0.925. The minimum atomic E-state index is -0.767. The molecule has 0 fully saturated rings. The number of ether oxygens (including phenoxy) is 3. The van der Waals surface area contributed by atoms with E-state index >= 15 is 0 Å². The molecule has 0 saturated heterocycles. The van der Waals surface area contributed by atoms with Gasteiger partial charge in [0.25, 0.3) is 0 Å². The zero-order valence-electron chi connectivity index (χ0n) is 49.7. The van der Waals surface area contributed by atoms with Gasteiger partial charge in [0, 0.05) is 19.3 Å². The van der Waals surface area contributed by atoms with Crippen molar-refractivity contribution in [2.24, 2.45) is 0 Å². The van der Waals surface area contributed by atoms with Crippen LogP contribution in [0.3, 0.4) is 0 Å². The molecule has 0 saturated carbocycles.